The Morgan fingerprint density at radius 3 is 2.50 bits per heavy atom. The lowest BCUT2D eigenvalue weighted by molar-refractivity contribution is -0.138. The first-order valence-electron chi connectivity index (χ1n) is 4.32. The highest BCUT2D eigenvalue weighted by atomic mass is 19.4. The third-order valence-electron chi connectivity index (χ3n) is 1.98. The molecule has 0 aromatic heterocycles. The molecule has 0 atom stereocenters. The van der Waals surface area contributed by atoms with E-state index in [1.54, 1.807) is 0 Å². The molecule has 86 valence electrons. The molecule has 5 heteroatoms. The van der Waals surface area contributed by atoms with Crippen LogP contribution in [0.25, 0.3) is 0 Å². The van der Waals surface area contributed by atoms with Gasteiger partial charge in [0, 0.05) is 5.56 Å². The standard InChI is InChI=1S/C11H9F3O2/c1-3-9(15)7-4-5-8(11(12,13)14)10(6-7)16-2/h3-6H,1H2,2H3. The van der Waals surface area contributed by atoms with E-state index in [0.29, 0.717) is 0 Å². The van der Waals surface area contributed by atoms with E-state index in [0.717, 1.165) is 31.4 Å². The van der Waals surface area contributed by atoms with Gasteiger partial charge in [-0.2, -0.15) is 13.2 Å². The Hall–Kier alpha value is -1.78. The zero-order valence-electron chi connectivity index (χ0n) is 8.47. The van der Waals surface area contributed by atoms with Crippen LogP contribution in [0.1, 0.15) is 15.9 Å². The number of halogens is 3. The van der Waals surface area contributed by atoms with Crippen molar-refractivity contribution in [2.45, 2.75) is 6.18 Å². The molecule has 1 aromatic carbocycles. The minimum absolute atomic E-state index is 0.111. The van der Waals surface area contributed by atoms with Crippen LogP contribution < -0.4 is 4.74 Å². The summed E-state index contributed by atoms with van der Waals surface area (Å²) in [4.78, 5) is 11.2. The summed E-state index contributed by atoms with van der Waals surface area (Å²) in [7, 11) is 1.12. The van der Waals surface area contributed by atoms with Crippen molar-refractivity contribution in [3.05, 3.63) is 42.0 Å². The van der Waals surface area contributed by atoms with Gasteiger partial charge in [-0.25, -0.2) is 0 Å². The largest absolute Gasteiger partial charge is 0.496 e. The van der Waals surface area contributed by atoms with Gasteiger partial charge < -0.3 is 4.74 Å². The number of rotatable bonds is 3. The number of hydrogen-bond acceptors (Lipinski definition) is 2. The van der Waals surface area contributed by atoms with Gasteiger partial charge in [0.15, 0.2) is 5.78 Å². The predicted octanol–water partition coefficient (Wildman–Crippen LogP) is 3.08. The molecule has 1 rings (SSSR count). The fraction of sp³-hybridized carbons (Fsp3) is 0.182. The lowest BCUT2D eigenvalue weighted by Gasteiger charge is -2.12. The van der Waals surface area contributed by atoms with Crippen molar-refractivity contribution in [2.24, 2.45) is 0 Å². The van der Waals surface area contributed by atoms with Gasteiger partial charge in [-0.15, -0.1) is 0 Å². The number of hydrogen-bond donors (Lipinski definition) is 0. The molecular formula is C11H9F3O2. The Morgan fingerprint density at radius 1 is 1.44 bits per heavy atom. The van der Waals surface area contributed by atoms with Crippen molar-refractivity contribution in [3.8, 4) is 5.75 Å². The molecule has 0 fully saturated rings. The average Bonchev–Trinajstić information content (AvgIpc) is 2.25. The molecule has 1 aromatic rings. The molecule has 0 radical (unpaired) electrons. The van der Waals surface area contributed by atoms with E-state index in [1.807, 2.05) is 0 Å². The van der Waals surface area contributed by atoms with Crippen molar-refractivity contribution in [3.63, 3.8) is 0 Å². The molecule has 0 N–H and O–H groups in total. The Morgan fingerprint density at radius 2 is 2.06 bits per heavy atom. The summed E-state index contributed by atoms with van der Waals surface area (Å²) >= 11 is 0. The van der Waals surface area contributed by atoms with Gasteiger partial charge in [0.1, 0.15) is 5.75 Å². The van der Waals surface area contributed by atoms with Gasteiger partial charge in [-0.05, 0) is 18.2 Å². The van der Waals surface area contributed by atoms with Crippen LogP contribution >= 0.6 is 0 Å². The van der Waals surface area contributed by atoms with Crippen molar-refractivity contribution < 1.29 is 22.7 Å². The van der Waals surface area contributed by atoms with Crippen LogP contribution in [0.4, 0.5) is 13.2 Å². The van der Waals surface area contributed by atoms with Crippen LogP contribution in [0.15, 0.2) is 30.9 Å². The van der Waals surface area contributed by atoms with Crippen molar-refractivity contribution in [1.82, 2.24) is 0 Å². The number of alkyl halides is 3. The summed E-state index contributed by atoms with van der Waals surface area (Å²) in [6.45, 7) is 3.25. The first-order chi connectivity index (χ1) is 7.40. The Labute approximate surface area is 90.3 Å². The van der Waals surface area contributed by atoms with E-state index >= 15 is 0 Å². The Bertz CT molecular complexity index is 422. The smallest absolute Gasteiger partial charge is 0.419 e. The molecule has 0 spiro atoms. The maximum atomic E-state index is 12.5. The minimum Gasteiger partial charge on any atom is -0.496 e. The number of carbonyl (C=O) groups excluding carboxylic acids is 1. The van der Waals surface area contributed by atoms with Crippen LogP contribution in [0, 0.1) is 0 Å². The SMILES string of the molecule is C=CC(=O)c1ccc(C(F)(F)F)c(OC)c1. The molecule has 0 unspecified atom stereocenters. The van der Waals surface area contributed by atoms with Gasteiger partial charge in [0.05, 0.1) is 12.7 Å². The summed E-state index contributed by atoms with van der Waals surface area (Å²) in [5, 5.41) is 0. The quantitative estimate of drug-likeness (QED) is 0.589. The molecule has 0 saturated heterocycles. The molecule has 0 bridgehead atoms. The first-order valence-corrected chi connectivity index (χ1v) is 4.32. The molecule has 2 nitrogen and oxygen atoms in total. The minimum atomic E-state index is -4.50. The summed E-state index contributed by atoms with van der Waals surface area (Å²) < 4.78 is 42.0. The molecule has 0 saturated carbocycles. The van der Waals surface area contributed by atoms with E-state index in [1.165, 1.54) is 0 Å². The summed E-state index contributed by atoms with van der Waals surface area (Å²) in [5.74, 6) is -0.827. The third kappa shape index (κ3) is 2.42. The Balaban J connectivity index is 3.27. The summed E-state index contributed by atoms with van der Waals surface area (Å²) in [6.07, 6.45) is -3.47. The molecule has 16 heavy (non-hydrogen) atoms. The monoisotopic (exact) mass is 230 g/mol. The predicted molar refractivity (Wildman–Crippen MR) is 52.5 cm³/mol. The average molecular weight is 230 g/mol. The second kappa shape index (κ2) is 4.38. The van der Waals surface area contributed by atoms with Crippen LogP contribution in [-0.4, -0.2) is 12.9 Å². The highest BCUT2D eigenvalue weighted by molar-refractivity contribution is 6.04. The number of methoxy groups -OCH3 is 1. The van der Waals surface area contributed by atoms with Gasteiger partial charge >= 0.3 is 6.18 Å². The van der Waals surface area contributed by atoms with E-state index in [9.17, 15) is 18.0 Å². The molecule has 0 heterocycles. The van der Waals surface area contributed by atoms with Gasteiger partial charge in [-0.3, -0.25) is 4.79 Å². The molecule has 0 aliphatic rings. The zero-order chi connectivity index (χ0) is 12.3. The fourth-order valence-corrected chi connectivity index (χ4v) is 1.20. The van der Waals surface area contributed by atoms with Gasteiger partial charge in [-0.1, -0.05) is 12.6 Å². The van der Waals surface area contributed by atoms with Crippen molar-refractivity contribution >= 4 is 5.78 Å². The second-order valence-electron chi connectivity index (χ2n) is 2.98. The molecule has 0 amide bonds. The van der Waals surface area contributed by atoms with Gasteiger partial charge in [0.25, 0.3) is 0 Å². The highest BCUT2D eigenvalue weighted by Gasteiger charge is 2.34. The van der Waals surface area contributed by atoms with Crippen LogP contribution in [-0.2, 0) is 6.18 Å². The lowest BCUT2D eigenvalue weighted by Crippen LogP contribution is -2.08. The normalized spacial score (nSPS) is 11.0. The lowest BCUT2D eigenvalue weighted by atomic mass is 10.1. The van der Waals surface area contributed by atoms with Crippen molar-refractivity contribution in [2.75, 3.05) is 7.11 Å². The third-order valence-corrected chi connectivity index (χ3v) is 1.98. The van der Waals surface area contributed by atoms with Crippen LogP contribution in [0.3, 0.4) is 0 Å². The van der Waals surface area contributed by atoms with E-state index in [-0.39, 0.29) is 11.3 Å². The van der Waals surface area contributed by atoms with Crippen LogP contribution in [0.5, 0.6) is 5.75 Å². The first kappa shape index (κ1) is 12.3. The zero-order valence-corrected chi connectivity index (χ0v) is 8.47. The van der Waals surface area contributed by atoms with Crippen molar-refractivity contribution in [1.29, 1.82) is 0 Å². The number of allylic oxidation sites excluding steroid dienone is 1. The topological polar surface area (TPSA) is 26.3 Å². The molecule has 0 aliphatic heterocycles. The maximum absolute atomic E-state index is 12.5. The maximum Gasteiger partial charge on any atom is 0.419 e. The molecule has 0 aliphatic carbocycles. The highest BCUT2D eigenvalue weighted by Crippen LogP contribution is 2.36. The number of ketones is 1. The number of ether oxygens (including phenoxy) is 1. The molecular weight excluding hydrogens is 221 g/mol. The van der Waals surface area contributed by atoms with E-state index < -0.39 is 17.5 Å². The summed E-state index contributed by atoms with van der Waals surface area (Å²) in [5.41, 5.74) is -0.796. The summed E-state index contributed by atoms with van der Waals surface area (Å²) in [6, 6.07) is 2.96. The van der Waals surface area contributed by atoms with E-state index in [2.05, 4.69) is 11.3 Å². The fourth-order valence-electron chi connectivity index (χ4n) is 1.20. The van der Waals surface area contributed by atoms with E-state index in [4.69, 9.17) is 0 Å². The number of carbonyl (C=O) groups is 1. The Kier molecular flexibility index (Phi) is 3.37. The van der Waals surface area contributed by atoms with Gasteiger partial charge in [0.2, 0.25) is 0 Å². The van der Waals surface area contributed by atoms with Crippen LogP contribution in [0.2, 0.25) is 0 Å². The number of benzene rings is 1. The second-order valence-corrected chi connectivity index (χ2v) is 2.98.